The average molecular weight is 226 g/mol. The SMILES string of the molecule is CC(C)c1ccccc1N1CCCC1.Cl. The molecule has 1 aliphatic rings. The fourth-order valence-corrected chi connectivity index (χ4v) is 2.22. The van der Waals surface area contributed by atoms with Crippen LogP contribution in [0.2, 0.25) is 0 Å². The Hall–Kier alpha value is -0.690. The van der Waals surface area contributed by atoms with Crippen molar-refractivity contribution in [3.05, 3.63) is 29.8 Å². The monoisotopic (exact) mass is 225 g/mol. The Kier molecular flexibility index (Phi) is 4.46. The Labute approximate surface area is 98.9 Å². The fourth-order valence-electron chi connectivity index (χ4n) is 2.22. The summed E-state index contributed by atoms with van der Waals surface area (Å²) >= 11 is 0. The van der Waals surface area contributed by atoms with E-state index in [2.05, 4.69) is 43.0 Å². The lowest BCUT2D eigenvalue weighted by atomic mass is 10.0. The quantitative estimate of drug-likeness (QED) is 0.740. The summed E-state index contributed by atoms with van der Waals surface area (Å²) in [4.78, 5) is 2.52. The highest BCUT2D eigenvalue weighted by molar-refractivity contribution is 5.85. The lowest BCUT2D eigenvalue weighted by Gasteiger charge is -2.22. The van der Waals surface area contributed by atoms with Gasteiger partial charge in [-0.05, 0) is 30.4 Å². The van der Waals surface area contributed by atoms with Gasteiger partial charge in [-0.15, -0.1) is 12.4 Å². The Morgan fingerprint density at radius 2 is 1.67 bits per heavy atom. The molecule has 0 spiro atoms. The topological polar surface area (TPSA) is 3.24 Å². The zero-order valence-electron chi connectivity index (χ0n) is 9.57. The first-order chi connectivity index (χ1) is 6.79. The van der Waals surface area contributed by atoms with Gasteiger partial charge in [0.15, 0.2) is 0 Å². The minimum Gasteiger partial charge on any atom is -0.371 e. The molecule has 1 nitrogen and oxygen atoms in total. The third-order valence-corrected chi connectivity index (χ3v) is 3.01. The van der Waals surface area contributed by atoms with E-state index in [1.165, 1.54) is 37.2 Å². The van der Waals surface area contributed by atoms with Gasteiger partial charge in [-0.3, -0.25) is 0 Å². The normalized spacial score (nSPS) is 15.5. The van der Waals surface area contributed by atoms with E-state index in [1.54, 1.807) is 0 Å². The summed E-state index contributed by atoms with van der Waals surface area (Å²) in [6.45, 7) is 7.03. The predicted molar refractivity (Wildman–Crippen MR) is 69.2 cm³/mol. The van der Waals surface area contributed by atoms with Crippen LogP contribution in [0, 0.1) is 0 Å². The van der Waals surface area contributed by atoms with Crippen LogP contribution in [-0.4, -0.2) is 13.1 Å². The van der Waals surface area contributed by atoms with Crippen LogP contribution in [0.25, 0.3) is 0 Å². The number of para-hydroxylation sites is 1. The lowest BCUT2D eigenvalue weighted by molar-refractivity contribution is 0.845. The maximum absolute atomic E-state index is 2.52. The smallest absolute Gasteiger partial charge is 0.0401 e. The first kappa shape index (κ1) is 12.4. The van der Waals surface area contributed by atoms with E-state index < -0.39 is 0 Å². The highest BCUT2D eigenvalue weighted by Crippen LogP contribution is 2.29. The molecule has 2 rings (SSSR count). The van der Waals surface area contributed by atoms with Crippen molar-refractivity contribution in [1.29, 1.82) is 0 Å². The van der Waals surface area contributed by atoms with Crippen molar-refractivity contribution in [2.75, 3.05) is 18.0 Å². The minimum atomic E-state index is 0. The summed E-state index contributed by atoms with van der Waals surface area (Å²) < 4.78 is 0. The summed E-state index contributed by atoms with van der Waals surface area (Å²) in [5.74, 6) is 0.631. The molecule has 0 bridgehead atoms. The van der Waals surface area contributed by atoms with Crippen LogP contribution in [0.4, 0.5) is 5.69 Å². The predicted octanol–water partition coefficient (Wildman–Crippen LogP) is 3.83. The Balaban J connectivity index is 0.00000112. The van der Waals surface area contributed by atoms with Gasteiger partial charge in [0.2, 0.25) is 0 Å². The van der Waals surface area contributed by atoms with E-state index >= 15 is 0 Å². The average Bonchev–Trinajstić information content (AvgIpc) is 2.70. The number of hydrogen-bond acceptors (Lipinski definition) is 1. The van der Waals surface area contributed by atoms with Crippen molar-refractivity contribution >= 4 is 18.1 Å². The highest BCUT2D eigenvalue weighted by Gasteiger charge is 2.16. The van der Waals surface area contributed by atoms with Gasteiger partial charge in [-0.2, -0.15) is 0 Å². The first-order valence-corrected chi connectivity index (χ1v) is 5.63. The molecule has 0 aliphatic carbocycles. The molecule has 0 atom stereocenters. The Morgan fingerprint density at radius 1 is 1.07 bits per heavy atom. The van der Waals surface area contributed by atoms with Crippen molar-refractivity contribution < 1.29 is 0 Å². The van der Waals surface area contributed by atoms with Crippen molar-refractivity contribution in [3.63, 3.8) is 0 Å². The number of nitrogens with zero attached hydrogens (tertiary/aromatic N) is 1. The van der Waals surface area contributed by atoms with Crippen LogP contribution >= 0.6 is 12.4 Å². The summed E-state index contributed by atoms with van der Waals surface area (Å²) in [5.41, 5.74) is 2.95. The maximum atomic E-state index is 2.52. The molecule has 1 aliphatic heterocycles. The molecule has 1 heterocycles. The van der Waals surface area contributed by atoms with Crippen LogP contribution in [0.5, 0.6) is 0 Å². The molecule has 15 heavy (non-hydrogen) atoms. The summed E-state index contributed by atoms with van der Waals surface area (Å²) in [6.07, 6.45) is 2.71. The largest absolute Gasteiger partial charge is 0.371 e. The zero-order valence-corrected chi connectivity index (χ0v) is 10.4. The van der Waals surface area contributed by atoms with Gasteiger partial charge in [0.05, 0.1) is 0 Å². The fraction of sp³-hybridized carbons (Fsp3) is 0.538. The molecule has 0 aromatic heterocycles. The Bertz CT molecular complexity index is 303. The van der Waals surface area contributed by atoms with E-state index in [9.17, 15) is 0 Å². The number of anilines is 1. The molecular weight excluding hydrogens is 206 g/mol. The van der Waals surface area contributed by atoms with Crippen molar-refractivity contribution in [2.24, 2.45) is 0 Å². The van der Waals surface area contributed by atoms with Crippen LogP contribution in [0.1, 0.15) is 38.2 Å². The summed E-state index contributed by atoms with van der Waals surface area (Å²) in [5, 5.41) is 0. The number of hydrogen-bond donors (Lipinski definition) is 0. The summed E-state index contributed by atoms with van der Waals surface area (Å²) in [6, 6.07) is 8.83. The van der Waals surface area contributed by atoms with Crippen LogP contribution in [0.3, 0.4) is 0 Å². The van der Waals surface area contributed by atoms with E-state index in [0.29, 0.717) is 5.92 Å². The standard InChI is InChI=1S/C13H19N.ClH/c1-11(2)12-7-3-4-8-13(12)14-9-5-6-10-14;/h3-4,7-8,11H,5-6,9-10H2,1-2H3;1H. The first-order valence-electron chi connectivity index (χ1n) is 5.63. The number of rotatable bonds is 2. The van der Waals surface area contributed by atoms with E-state index in [0.717, 1.165) is 0 Å². The molecule has 0 unspecified atom stereocenters. The third kappa shape index (κ3) is 2.66. The maximum Gasteiger partial charge on any atom is 0.0401 e. The second-order valence-corrected chi connectivity index (χ2v) is 4.41. The molecule has 1 aromatic rings. The minimum absolute atomic E-state index is 0. The second-order valence-electron chi connectivity index (χ2n) is 4.41. The van der Waals surface area contributed by atoms with Gasteiger partial charge in [0.25, 0.3) is 0 Å². The van der Waals surface area contributed by atoms with Gasteiger partial charge in [-0.25, -0.2) is 0 Å². The molecular formula is C13H20ClN. The molecule has 0 radical (unpaired) electrons. The molecule has 84 valence electrons. The number of halogens is 1. The highest BCUT2D eigenvalue weighted by atomic mass is 35.5. The van der Waals surface area contributed by atoms with E-state index in [-0.39, 0.29) is 12.4 Å². The van der Waals surface area contributed by atoms with Gasteiger partial charge in [0.1, 0.15) is 0 Å². The van der Waals surface area contributed by atoms with Gasteiger partial charge in [0, 0.05) is 18.8 Å². The van der Waals surface area contributed by atoms with Crippen molar-refractivity contribution in [3.8, 4) is 0 Å². The second kappa shape index (κ2) is 5.41. The number of benzene rings is 1. The molecule has 1 aromatic carbocycles. The molecule has 1 saturated heterocycles. The van der Waals surface area contributed by atoms with Gasteiger partial charge < -0.3 is 4.90 Å². The van der Waals surface area contributed by atoms with Crippen molar-refractivity contribution in [2.45, 2.75) is 32.6 Å². The molecule has 2 heteroatoms. The van der Waals surface area contributed by atoms with E-state index in [1.807, 2.05) is 0 Å². The third-order valence-electron chi connectivity index (χ3n) is 3.01. The van der Waals surface area contributed by atoms with Gasteiger partial charge >= 0.3 is 0 Å². The van der Waals surface area contributed by atoms with Crippen molar-refractivity contribution in [1.82, 2.24) is 0 Å². The van der Waals surface area contributed by atoms with Crippen LogP contribution in [0.15, 0.2) is 24.3 Å². The van der Waals surface area contributed by atoms with Gasteiger partial charge in [-0.1, -0.05) is 32.0 Å². The van der Waals surface area contributed by atoms with E-state index in [4.69, 9.17) is 0 Å². The van der Waals surface area contributed by atoms with Crippen LogP contribution in [-0.2, 0) is 0 Å². The lowest BCUT2D eigenvalue weighted by Crippen LogP contribution is -2.19. The Morgan fingerprint density at radius 3 is 2.27 bits per heavy atom. The molecule has 0 saturated carbocycles. The zero-order chi connectivity index (χ0) is 9.97. The summed E-state index contributed by atoms with van der Waals surface area (Å²) in [7, 11) is 0. The molecule has 0 N–H and O–H groups in total. The van der Waals surface area contributed by atoms with Crippen LogP contribution < -0.4 is 4.90 Å². The molecule has 1 fully saturated rings. The molecule has 0 amide bonds.